The molecule has 0 saturated heterocycles. The number of halogens is 1. The number of carbonyl (C=O) groups excluding carboxylic acids is 1. The van der Waals surface area contributed by atoms with Crippen molar-refractivity contribution < 1.29 is 9.53 Å². The zero-order valence-corrected chi connectivity index (χ0v) is 12.4. The first-order valence-electron chi connectivity index (χ1n) is 5.87. The predicted molar refractivity (Wildman–Crippen MR) is 77.7 cm³/mol. The van der Waals surface area contributed by atoms with Gasteiger partial charge in [0.05, 0.1) is 7.11 Å². The molecule has 1 aromatic carbocycles. The summed E-state index contributed by atoms with van der Waals surface area (Å²) in [6.45, 7) is 1.92. The molecule has 0 unspecified atom stereocenters. The number of carbonyl (C=O) groups is 1. The number of ether oxygens (including phenoxy) is 1. The molecular weight excluding hydrogens is 306 g/mol. The minimum atomic E-state index is 0.0464. The van der Waals surface area contributed by atoms with E-state index in [0.29, 0.717) is 12.0 Å². The van der Waals surface area contributed by atoms with Crippen LogP contribution >= 0.6 is 15.9 Å². The molecule has 0 N–H and O–H groups in total. The van der Waals surface area contributed by atoms with E-state index in [9.17, 15) is 4.79 Å². The third-order valence-corrected chi connectivity index (χ3v) is 3.57. The lowest BCUT2D eigenvalue weighted by atomic mass is 10.0. The first kappa shape index (κ1) is 13.7. The van der Waals surface area contributed by atoms with E-state index in [0.717, 1.165) is 21.3 Å². The number of hydrogen-bond donors (Lipinski definition) is 0. The molecule has 0 aliphatic rings. The molecular formula is C15H14BrNO2. The van der Waals surface area contributed by atoms with Crippen molar-refractivity contribution in [2.24, 2.45) is 0 Å². The molecule has 3 nitrogen and oxygen atoms in total. The first-order chi connectivity index (χ1) is 9.10. The monoisotopic (exact) mass is 319 g/mol. The molecule has 1 aromatic heterocycles. The Balaban J connectivity index is 2.23. The highest BCUT2D eigenvalue weighted by atomic mass is 79.9. The molecule has 4 heteroatoms. The van der Waals surface area contributed by atoms with Crippen LogP contribution < -0.4 is 4.74 Å². The Morgan fingerprint density at radius 2 is 2.11 bits per heavy atom. The average molecular weight is 320 g/mol. The Morgan fingerprint density at radius 1 is 1.32 bits per heavy atom. The van der Waals surface area contributed by atoms with Gasteiger partial charge in [-0.25, -0.2) is 0 Å². The smallest absolute Gasteiger partial charge is 0.168 e. The van der Waals surface area contributed by atoms with Crippen molar-refractivity contribution in [3.05, 3.63) is 57.8 Å². The van der Waals surface area contributed by atoms with Gasteiger partial charge in [0.25, 0.3) is 0 Å². The highest BCUT2D eigenvalue weighted by molar-refractivity contribution is 9.10. The minimum absolute atomic E-state index is 0.0464. The van der Waals surface area contributed by atoms with Crippen molar-refractivity contribution in [3.63, 3.8) is 0 Å². The summed E-state index contributed by atoms with van der Waals surface area (Å²) in [6, 6.07) is 7.46. The second-order valence-electron chi connectivity index (χ2n) is 4.31. The molecule has 1 heterocycles. The third kappa shape index (κ3) is 3.41. The van der Waals surface area contributed by atoms with Crippen molar-refractivity contribution in [3.8, 4) is 5.75 Å². The van der Waals surface area contributed by atoms with Crippen LogP contribution in [0.15, 0.2) is 41.1 Å². The summed E-state index contributed by atoms with van der Waals surface area (Å²) in [7, 11) is 1.61. The number of nitrogens with zero attached hydrogens (tertiary/aromatic N) is 1. The van der Waals surface area contributed by atoms with Gasteiger partial charge in [-0.3, -0.25) is 9.78 Å². The zero-order chi connectivity index (χ0) is 13.8. The van der Waals surface area contributed by atoms with Gasteiger partial charge in [-0.1, -0.05) is 15.9 Å². The Labute approximate surface area is 120 Å². The zero-order valence-electron chi connectivity index (χ0n) is 10.8. The number of aryl methyl sites for hydroxylation is 1. The summed E-state index contributed by atoms with van der Waals surface area (Å²) in [6.07, 6.45) is 3.66. The molecule has 0 amide bonds. The van der Waals surface area contributed by atoms with E-state index in [2.05, 4.69) is 20.9 Å². The minimum Gasteiger partial charge on any atom is -0.497 e. The topological polar surface area (TPSA) is 39.2 Å². The number of aromatic nitrogens is 1. The maximum Gasteiger partial charge on any atom is 0.168 e. The molecule has 0 aliphatic heterocycles. The summed E-state index contributed by atoms with van der Waals surface area (Å²) in [4.78, 5) is 16.3. The Kier molecular flexibility index (Phi) is 4.32. The van der Waals surface area contributed by atoms with Gasteiger partial charge in [0.1, 0.15) is 5.75 Å². The molecule has 0 spiro atoms. The Morgan fingerprint density at radius 3 is 2.79 bits per heavy atom. The number of ketones is 1. The average Bonchev–Trinajstić information content (AvgIpc) is 2.41. The maximum absolute atomic E-state index is 12.2. The van der Waals surface area contributed by atoms with Crippen molar-refractivity contribution in [2.75, 3.05) is 7.11 Å². The fraction of sp³-hybridized carbons (Fsp3) is 0.200. The fourth-order valence-corrected chi connectivity index (χ4v) is 2.18. The molecule has 0 atom stereocenters. The van der Waals surface area contributed by atoms with Crippen LogP contribution in [0.5, 0.6) is 5.75 Å². The summed E-state index contributed by atoms with van der Waals surface area (Å²) in [5.74, 6) is 0.790. The van der Waals surface area contributed by atoms with Crippen LogP contribution in [0.1, 0.15) is 21.5 Å². The van der Waals surface area contributed by atoms with E-state index in [4.69, 9.17) is 4.74 Å². The van der Waals surface area contributed by atoms with Gasteiger partial charge < -0.3 is 4.74 Å². The largest absolute Gasteiger partial charge is 0.497 e. The second-order valence-corrected chi connectivity index (χ2v) is 5.16. The van der Waals surface area contributed by atoms with Gasteiger partial charge >= 0.3 is 0 Å². The lowest BCUT2D eigenvalue weighted by Gasteiger charge is -2.07. The van der Waals surface area contributed by atoms with E-state index >= 15 is 0 Å². The van der Waals surface area contributed by atoms with Crippen LogP contribution in [-0.4, -0.2) is 17.9 Å². The molecule has 2 rings (SSSR count). The van der Waals surface area contributed by atoms with Gasteiger partial charge in [-0.05, 0) is 42.3 Å². The van der Waals surface area contributed by atoms with Crippen LogP contribution in [0.25, 0.3) is 0 Å². The normalized spacial score (nSPS) is 10.3. The van der Waals surface area contributed by atoms with Gasteiger partial charge in [-0.15, -0.1) is 0 Å². The standard InChI is InChI=1S/C15H14BrNO2/c1-10-5-12(9-17-8-10)15(18)7-11-6-13(19-2)3-4-14(11)16/h3-6,8-9H,7H2,1-2H3. The van der Waals surface area contributed by atoms with Crippen LogP contribution in [0, 0.1) is 6.92 Å². The van der Waals surface area contributed by atoms with Gasteiger partial charge in [0.2, 0.25) is 0 Å². The number of rotatable bonds is 4. The van der Waals surface area contributed by atoms with Crippen LogP contribution in [-0.2, 0) is 6.42 Å². The lowest BCUT2D eigenvalue weighted by molar-refractivity contribution is 0.0992. The third-order valence-electron chi connectivity index (χ3n) is 2.80. The molecule has 0 radical (unpaired) electrons. The summed E-state index contributed by atoms with van der Waals surface area (Å²) >= 11 is 3.45. The summed E-state index contributed by atoms with van der Waals surface area (Å²) in [5.41, 5.74) is 2.52. The van der Waals surface area contributed by atoms with Crippen molar-refractivity contribution in [1.29, 1.82) is 0 Å². The van der Waals surface area contributed by atoms with Crippen molar-refractivity contribution >= 4 is 21.7 Å². The number of methoxy groups -OCH3 is 1. The van der Waals surface area contributed by atoms with E-state index < -0.39 is 0 Å². The molecule has 0 bridgehead atoms. The summed E-state index contributed by atoms with van der Waals surface area (Å²) in [5, 5.41) is 0. The van der Waals surface area contributed by atoms with E-state index in [1.165, 1.54) is 0 Å². The summed E-state index contributed by atoms with van der Waals surface area (Å²) < 4.78 is 6.08. The lowest BCUT2D eigenvalue weighted by Crippen LogP contribution is -2.05. The number of benzene rings is 1. The molecule has 98 valence electrons. The second kappa shape index (κ2) is 5.97. The molecule has 2 aromatic rings. The van der Waals surface area contributed by atoms with Gasteiger partial charge in [0, 0.05) is 28.9 Å². The molecule has 19 heavy (non-hydrogen) atoms. The first-order valence-corrected chi connectivity index (χ1v) is 6.66. The van der Waals surface area contributed by atoms with E-state index in [1.54, 1.807) is 19.5 Å². The van der Waals surface area contributed by atoms with E-state index in [1.807, 2.05) is 31.2 Å². The predicted octanol–water partition coefficient (Wildman–Crippen LogP) is 3.59. The van der Waals surface area contributed by atoms with Gasteiger partial charge in [0.15, 0.2) is 5.78 Å². The number of Topliss-reactive ketones (excluding diaryl/α,β-unsaturated/α-hetero) is 1. The van der Waals surface area contributed by atoms with E-state index in [-0.39, 0.29) is 5.78 Å². The van der Waals surface area contributed by atoms with Crippen LogP contribution in [0.3, 0.4) is 0 Å². The quantitative estimate of drug-likeness (QED) is 0.808. The van der Waals surface area contributed by atoms with Crippen molar-refractivity contribution in [1.82, 2.24) is 4.98 Å². The van der Waals surface area contributed by atoms with Crippen LogP contribution in [0.2, 0.25) is 0 Å². The SMILES string of the molecule is COc1ccc(Br)c(CC(=O)c2cncc(C)c2)c1. The molecule has 0 fully saturated rings. The van der Waals surface area contributed by atoms with Gasteiger partial charge in [-0.2, -0.15) is 0 Å². The number of hydrogen-bond acceptors (Lipinski definition) is 3. The highest BCUT2D eigenvalue weighted by Gasteiger charge is 2.11. The Hall–Kier alpha value is -1.68. The number of pyridine rings is 1. The molecule has 0 saturated carbocycles. The molecule has 0 aliphatic carbocycles. The van der Waals surface area contributed by atoms with Crippen LogP contribution in [0.4, 0.5) is 0 Å². The Bertz CT molecular complexity index is 611. The highest BCUT2D eigenvalue weighted by Crippen LogP contribution is 2.23. The van der Waals surface area contributed by atoms with Crippen molar-refractivity contribution in [2.45, 2.75) is 13.3 Å². The fourth-order valence-electron chi connectivity index (χ4n) is 1.80. The maximum atomic E-state index is 12.2.